The van der Waals surface area contributed by atoms with Crippen LogP contribution in [0, 0.1) is 0 Å². The summed E-state index contributed by atoms with van der Waals surface area (Å²) in [6.45, 7) is 2.38. The number of para-hydroxylation sites is 3. The van der Waals surface area contributed by atoms with E-state index in [4.69, 9.17) is 14.5 Å². The number of aromatic nitrogens is 3. The molecule has 36 heavy (non-hydrogen) atoms. The van der Waals surface area contributed by atoms with E-state index in [1.54, 1.807) is 31.4 Å². The van der Waals surface area contributed by atoms with Crippen LogP contribution in [0.3, 0.4) is 0 Å². The van der Waals surface area contributed by atoms with Gasteiger partial charge in [-0.05, 0) is 37.3 Å². The van der Waals surface area contributed by atoms with Gasteiger partial charge in [0.15, 0.2) is 5.16 Å². The van der Waals surface area contributed by atoms with Gasteiger partial charge in [-0.1, -0.05) is 48.2 Å². The number of carbonyl (C=O) groups is 1. The summed E-state index contributed by atoms with van der Waals surface area (Å²) in [6.07, 6.45) is 0. The second-order valence-corrected chi connectivity index (χ2v) is 8.84. The number of nitrogens with one attached hydrogen (secondary N) is 2. The Balaban J connectivity index is 1.54. The first-order valence-electron chi connectivity index (χ1n) is 11.4. The Morgan fingerprint density at radius 1 is 1.08 bits per heavy atom. The molecule has 0 aliphatic rings. The number of benzene rings is 3. The lowest BCUT2D eigenvalue weighted by molar-refractivity contribution is -0.113. The minimum absolute atomic E-state index is 0.0464. The van der Waals surface area contributed by atoms with Gasteiger partial charge in [0.2, 0.25) is 5.91 Å². The second-order valence-electron chi connectivity index (χ2n) is 7.90. The van der Waals surface area contributed by atoms with Crippen LogP contribution in [0.2, 0.25) is 0 Å². The molecule has 0 aliphatic heterocycles. The van der Waals surface area contributed by atoms with Crippen LogP contribution in [0.15, 0.2) is 82.7 Å². The fraction of sp³-hybridized carbons (Fsp3) is 0.148. The van der Waals surface area contributed by atoms with Gasteiger partial charge in [0, 0.05) is 17.0 Å². The van der Waals surface area contributed by atoms with Gasteiger partial charge in [0.1, 0.15) is 22.5 Å². The van der Waals surface area contributed by atoms with Crippen molar-refractivity contribution in [2.24, 2.45) is 0 Å². The average Bonchev–Trinajstić information content (AvgIpc) is 3.28. The number of rotatable bonds is 8. The Morgan fingerprint density at radius 2 is 1.89 bits per heavy atom. The maximum Gasteiger partial charge on any atom is 0.283 e. The van der Waals surface area contributed by atoms with Crippen molar-refractivity contribution in [2.45, 2.75) is 12.1 Å². The lowest BCUT2D eigenvalue weighted by Crippen LogP contribution is -2.23. The van der Waals surface area contributed by atoms with Gasteiger partial charge in [-0.15, -0.1) is 0 Å². The van der Waals surface area contributed by atoms with E-state index in [9.17, 15) is 9.59 Å². The maximum absolute atomic E-state index is 13.7. The number of ether oxygens (including phenoxy) is 2. The number of hydrogen-bond donors (Lipinski definition) is 2. The summed E-state index contributed by atoms with van der Waals surface area (Å²) in [5, 5.41) is 4.14. The van der Waals surface area contributed by atoms with Gasteiger partial charge in [-0.25, -0.2) is 4.98 Å². The summed E-state index contributed by atoms with van der Waals surface area (Å²) in [5.74, 6) is 1.02. The van der Waals surface area contributed by atoms with Gasteiger partial charge in [-0.2, -0.15) is 0 Å². The van der Waals surface area contributed by atoms with E-state index in [2.05, 4.69) is 10.3 Å². The van der Waals surface area contributed by atoms with Crippen molar-refractivity contribution in [3.05, 3.63) is 83.2 Å². The Bertz CT molecular complexity index is 1630. The molecule has 0 saturated heterocycles. The van der Waals surface area contributed by atoms with Crippen LogP contribution in [0.4, 0.5) is 5.69 Å². The minimum Gasteiger partial charge on any atom is -0.497 e. The average molecular weight is 501 g/mol. The standard InChI is InChI=1S/C27H24N4O4S/c1-3-35-22-14-7-6-13-21(22)28-23(32)16-36-27-30-24-19-11-4-5-12-20(19)29-25(24)26(33)31(27)17-9-8-10-18(15-17)34-2/h4-15,29H,3,16H2,1-2H3,(H,28,32). The zero-order valence-electron chi connectivity index (χ0n) is 19.8. The number of carbonyl (C=O) groups excluding carboxylic acids is 1. The summed E-state index contributed by atoms with van der Waals surface area (Å²) < 4.78 is 12.5. The van der Waals surface area contributed by atoms with Crippen LogP contribution >= 0.6 is 11.8 Å². The molecule has 0 spiro atoms. The van der Waals surface area contributed by atoms with Gasteiger partial charge in [-0.3, -0.25) is 14.2 Å². The molecular weight excluding hydrogens is 476 g/mol. The summed E-state index contributed by atoms with van der Waals surface area (Å²) in [6, 6.07) is 22.1. The molecular formula is C27H24N4O4S. The molecule has 0 bridgehead atoms. The SMILES string of the molecule is CCOc1ccccc1NC(=O)CSc1nc2c([nH]c3ccccc32)c(=O)n1-c1cccc(OC)c1. The van der Waals surface area contributed by atoms with Crippen LogP contribution in [0.5, 0.6) is 11.5 Å². The monoisotopic (exact) mass is 500 g/mol. The highest BCUT2D eigenvalue weighted by Gasteiger charge is 2.19. The molecule has 0 unspecified atom stereocenters. The molecule has 5 aromatic rings. The van der Waals surface area contributed by atoms with E-state index in [1.807, 2.05) is 55.5 Å². The molecule has 2 heterocycles. The van der Waals surface area contributed by atoms with Crippen molar-refractivity contribution < 1.29 is 14.3 Å². The Hall–Kier alpha value is -4.24. The molecule has 8 nitrogen and oxygen atoms in total. The molecule has 0 atom stereocenters. The number of fused-ring (bicyclic) bond motifs is 3. The molecule has 0 radical (unpaired) electrons. The predicted octanol–water partition coefficient (Wildman–Crippen LogP) is 5.01. The fourth-order valence-electron chi connectivity index (χ4n) is 3.98. The zero-order valence-corrected chi connectivity index (χ0v) is 20.6. The number of methoxy groups -OCH3 is 1. The highest BCUT2D eigenvalue weighted by molar-refractivity contribution is 7.99. The molecule has 2 aromatic heterocycles. The van der Waals surface area contributed by atoms with Crippen LogP contribution in [0.25, 0.3) is 27.6 Å². The fourth-order valence-corrected chi connectivity index (χ4v) is 4.79. The highest BCUT2D eigenvalue weighted by Crippen LogP contribution is 2.28. The first kappa shape index (κ1) is 23.5. The second kappa shape index (κ2) is 10.2. The van der Waals surface area contributed by atoms with Gasteiger partial charge < -0.3 is 19.8 Å². The zero-order chi connectivity index (χ0) is 25.1. The van der Waals surface area contributed by atoms with Gasteiger partial charge in [0.05, 0.1) is 30.8 Å². The molecule has 1 amide bonds. The van der Waals surface area contributed by atoms with E-state index < -0.39 is 0 Å². The molecule has 0 saturated carbocycles. The molecule has 0 aliphatic carbocycles. The minimum atomic E-state index is -0.256. The first-order chi connectivity index (χ1) is 17.6. The number of amides is 1. The van der Waals surface area contributed by atoms with E-state index in [1.165, 1.54) is 16.3 Å². The molecule has 182 valence electrons. The third kappa shape index (κ3) is 4.52. The number of thioether (sulfide) groups is 1. The largest absolute Gasteiger partial charge is 0.497 e. The van der Waals surface area contributed by atoms with Crippen molar-refractivity contribution in [1.82, 2.24) is 14.5 Å². The van der Waals surface area contributed by atoms with Crippen molar-refractivity contribution in [3.63, 3.8) is 0 Å². The molecule has 5 rings (SSSR count). The van der Waals surface area contributed by atoms with Crippen LogP contribution in [-0.4, -0.2) is 39.9 Å². The first-order valence-corrected chi connectivity index (χ1v) is 12.4. The summed E-state index contributed by atoms with van der Waals surface area (Å²) in [4.78, 5) is 34.6. The van der Waals surface area contributed by atoms with Crippen LogP contribution in [0.1, 0.15) is 6.92 Å². The van der Waals surface area contributed by atoms with E-state index in [-0.39, 0.29) is 17.2 Å². The summed E-state index contributed by atoms with van der Waals surface area (Å²) >= 11 is 1.19. The van der Waals surface area contributed by atoms with Crippen molar-refractivity contribution in [3.8, 4) is 17.2 Å². The van der Waals surface area contributed by atoms with Gasteiger partial charge >= 0.3 is 0 Å². The number of hydrogen-bond acceptors (Lipinski definition) is 6. The number of nitrogens with zero attached hydrogens (tertiary/aromatic N) is 2. The Labute approximate surface area is 211 Å². The molecule has 9 heteroatoms. The Kier molecular flexibility index (Phi) is 6.64. The quantitative estimate of drug-likeness (QED) is 0.230. The number of aromatic amines is 1. The van der Waals surface area contributed by atoms with E-state index in [0.29, 0.717) is 45.7 Å². The summed E-state index contributed by atoms with van der Waals surface area (Å²) in [5.41, 5.74) is 2.72. The van der Waals surface area contributed by atoms with Crippen LogP contribution < -0.4 is 20.3 Å². The summed E-state index contributed by atoms with van der Waals surface area (Å²) in [7, 11) is 1.57. The number of anilines is 1. The molecule has 0 fully saturated rings. The maximum atomic E-state index is 13.7. The van der Waals surface area contributed by atoms with Crippen molar-refractivity contribution >= 4 is 45.3 Å². The third-order valence-electron chi connectivity index (χ3n) is 5.60. The van der Waals surface area contributed by atoms with Crippen LogP contribution in [-0.2, 0) is 4.79 Å². The van der Waals surface area contributed by atoms with Gasteiger partial charge in [0.25, 0.3) is 5.56 Å². The molecule has 2 N–H and O–H groups in total. The Morgan fingerprint density at radius 3 is 2.72 bits per heavy atom. The van der Waals surface area contributed by atoms with E-state index >= 15 is 0 Å². The third-order valence-corrected chi connectivity index (χ3v) is 6.54. The van der Waals surface area contributed by atoms with Crippen molar-refractivity contribution in [2.75, 3.05) is 24.8 Å². The number of H-pyrrole nitrogens is 1. The normalized spacial score (nSPS) is 11.1. The topological polar surface area (TPSA) is 98.2 Å². The lowest BCUT2D eigenvalue weighted by atomic mass is 10.2. The van der Waals surface area contributed by atoms with E-state index in [0.717, 1.165) is 10.9 Å². The lowest BCUT2D eigenvalue weighted by Gasteiger charge is -2.14. The predicted molar refractivity (Wildman–Crippen MR) is 143 cm³/mol. The molecule has 3 aromatic carbocycles. The smallest absolute Gasteiger partial charge is 0.283 e. The van der Waals surface area contributed by atoms with Crippen molar-refractivity contribution in [1.29, 1.82) is 0 Å². The highest BCUT2D eigenvalue weighted by atomic mass is 32.2.